The highest BCUT2D eigenvalue weighted by Crippen LogP contribution is 2.28. The van der Waals surface area contributed by atoms with Gasteiger partial charge in [-0.2, -0.15) is 5.26 Å². The average molecular weight is 301 g/mol. The second-order valence-corrected chi connectivity index (χ2v) is 4.64. The van der Waals surface area contributed by atoms with Crippen LogP contribution in [0.2, 0.25) is 0 Å². The SMILES string of the molecule is COc1cc(C#N)ccc1OCc1cc(=O)n(C)c(=O)n1C. The van der Waals surface area contributed by atoms with Crippen LogP contribution >= 0.6 is 0 Å². The molecular weight excluding hydrogens is 286 g/mol. The van der Waals surface area contributed by atoms with Crippen molar-refractivity contribution in [3.63, 3.8) is 0 Å². The van der Waals surface area contributed by atoms with Crippen LogP contribution in [-0.2, 0) is 20.7 Å². The second kappa shape index (κ2) is 6.18. The summed E-state index contributed by atoms with van der Waals surface area (Å²) in [6.45, 7) is 0.0318. The van der Waals surface area contributed by atoms with E-state index in [0.29, 0.717) is 22.8 Å². The molecule has 22 heavy (non-hydrogen) atoms. The van der Waals surface area contributed by atoms with Crippen molar-refractivity contribution in [2.45, 2.75) is 6.61 Å². The van der Waals surface area contributed by atoms with Gasteiger partial charge in [-0.1, -0.05) is 0 Å². The van der Waals surface area contributed by atoms with E-state index in [0.717, 1.165) is 4.57 Å². The Labute approximate surface area is 126 Å². The lowest BCUT2D eigenvalue weighted by Crippen LogP contribution is -2.38. The number of rotatable bonds is 4. The Hall–Kier alpha value is -3.01. The molecule has 0 saturated heterocycles. The quantitative estimate of drug-likeness (QED) is 0.823. The van der Waals surface area contributed by atoms with Crippen LogP contribution in [0.5, 0.6) is 11.5 Å². The zero-order chi connectivity index (χ0) is 16.3. The van der Waals surface area contributed by atoms with Gasteiger partial charge >= 0.3 is 5.69 Å². The molecule has 0 aliphatic heterocycles. The average Bonchev–Trinajstić information content (AvgIpc) is 2.54. The third-order valence-corrected chi connectivity index (χ3v) is 3.29. The van der Waals surface area contributed by atoms with Crippen molar-refractivity contribution in [3.8, 4) is 17.6 Å². The van der Waals surface area contributed by atoms with Gasteiger partial charge in [0.15, 0.2) is 11.5 Å². The van der Waals surface area contributed by atoms with Crippen molar-refractivity contribution in [3.05, 3.63) is 56.4 Å². The van der Waals surface area contributed by atoms with Crippen LogP contribution in [0.3, 0.4) is 0 Å². The summed E-state index contributed by atoms with van der Waals surface area (Å²) in [6, 6.07) is 8.11. The Morgan fingerprint density at radius 2 is 1.86 bits per heavy atom. The molecular formula is C15H15N3O4. The molecule has 0 fully saturated rings. The van der Waals surface area contributed by atoms with Gasteiger partial charge in [0.05, 0.1) is 24.4 Å². The molecule has 0 unspecified atom stereocenters. The Balaban J connectivity index is 2.30. The molecule has 2 rings (SSSR count). The van der Waals surface area contributed by atoms with Crippen LogP contribution in [0.25, 0.3) is 0 Å². The smallest absolute Gasteiger partial charge is 0.330 e. The van der Waals surface area contributed by atoms with Crippen LogP contribution < -0.4 is 20.7 Å². The van der Waals surface area contributed by atoms with Gasteiger partial charge in [-0.3, -0.25) is 13.9 Å². The minimum Gasteiger partial charge on any atom is -0.493 e. The summed E-state index contributed by atoms with van der Waals surface area (Å²) in [7, 11) is 4.45. The lowest BCUT2D eigenvalue weighted by Gasteiger charge is -2.13. The van der Waals surface area contributed by atoms with Crippen LogP contribution in [0.4, 0.5) is 0 Å². The standard InChI is InChI=1S/C15H15N3O4/c1-17-11(7-14(19)18(2)15(17)20)9-22-12-5-4-10(8-16)6-13(12)21-3/h4-7H,9H2,1-3H3. The minimum absolute atomic E-state index is 0.0318. The van der Waals surface area contributed by atoms with Crippen molar-refractivity contribution in [2.75, 3.05) is 7.11 Å². The van der Waals surface area contributed by atoms with E-state index < -0.39 is 11.2 Å². The van der Waals surface area contributed by atoms with Crippen LogP contribution in [0.15, 0.2) is 33.9 Å². The van der Waals surface area contributed by atoms with E-state index in [4.69, 9.17) is 14.7 Å². The summed E-state index contributed by atoms with van der Waals surface area (Å²) in [6.07, 6.45) is 0. The summed E-state index contributed by atoms with van der Waals surface area (Å²) in [5, 5.41) is 8.86. The predicted molar refractivity (Wildman–Crippen MR) is 79.0 cm³/mol. The topological polar surface area (TPSA) is 86.2 Å². The molecule has 0 bridgehead atoms. The number of nitrogens with zero attached hydrogens (tertiary/aromatic N) is 3. The van der Waals surface area contributed by atoms with Crippen molar-refractivity contribution in [1.29, 1.82) is 5.26 Å². The van der Waals surface area contributed by atoms with Crippen molar-refractivity contribution in [2.24, 2.45) is 14.1 Å². The normalized spacial score (nSPS) is 10.1. The van der Waals surface area contributed by atoms with Gasteiger partial charge in [-0.15, -0.1) is 0 Å². The zero-order valence-corrected chi connectivity index (χ0v) is 12.5. The maximum atomic E-state index is 11.8. The Morgan fingerprint density at radius 1 is 1.14 bits per heavy atom. The second-order valence-electron chi connectivity index (χ2n) is 4.64. The molecule has 1 heterocycles. The predicted octanol–water partition coefficient (Wildman–Crippen LogP) is 0.543. The van der Waals surface area contributed by atoms with Crippen molar-refractivity contribution < 1.29 is 9.47 Å². The molecule has 0 atom stereocenters. The summed E-state index contributed by atoms with van der Waals surface area (Å²) >= 11 is 0. The van der Waals surface area contributed by atoms with Gasteiger partial charge in [0.2, 0.25) is 0 Å². The van der Waals surface area contributed by atoms with Gasteiger partial charge in [0.25, 0.3) is 5.56 Å². The molecule has 0 saturated carbocycles. The maximum Gasteiger partial charge on any atom is 0.330 e. The fourth-order valence-corrected chi connectivity index (χ4v) is 1.92. The summed E-state index contributed by atoms with van der Waals surface area (Å²) in [4.78, 5) is 23.5. The molecule has 0 amide bonds. The Bertz CT molecular complexity index is 859. The summed E-state index contributed by atoms with van der Waals surface area (Å²) < 4.78 is 13.1. The van der Waals surface area contributed by atoms with E-state index in [9.17, 15) is 9.59 Å². The van der Waals surface area contributed by atoms with E-state index in [2.05, 4.69) is 0 Å². The number of hydrogen-bond acceptors (Lipinski definition) is 5. The highest BCUT2D eigenvalue weighted by molar-refractivity contribution is 5.46. The van der Waals surface area contributed by atoms with Crippen LogP contribution in [0, 0.1) is 11.3 Å². The zero-order valence-electron chi connectivity index (χ0n) is 12.5. The maximum absolute atomic E-state index is 11.8. The fraction of sp³-hybridized carbons (Fsp3) is 0.267. The van der Waals surface area contributed by atoms with E-state index in [1.807, 2.05) is 6.07 Å². The number of methoxy groups -OCH3 is 1. The first-order valence-corrected chi connectivity index (χ1v) is 6.44. The fourth-order valence-electron chi connectivity index (χ4n) is 1.92. The van der Waals surface area contributed by atoms with Gasteiger partial charge in [-0.05, 0) is 12.1 Å². The lowest BCUT2D eigenvalue weighted by atomic mass is 10.2. The molecule has 0 N–H and O–H groups in total. The van der Waals surface area contributed by atoms with E-state index in [1.165, 1.54) is 24.8 Å². The summed E-state index contributed by atoms with van der Waals surface area (Å²) in [5.41, 5.74) is 0.0797. The third-order valence-electron chi connectivity index (χ3n) is 3.29. The Kier molecular flexibility index (Phi) is 4.32. The molecule has 0 radical (unpaired) electrons. The number of aromatic nitrogens is 2. The largest absolute Gasteiger partial charge is 0.493 e. The van der Waals surface area contributed by atoms with E-state index in [1.54, 1.807) is 25.2 Å². The van der Waals surface area contributed by atoms with Crippen LogP contribution in [0.1, 0.15) is 11.3 Å². The van der Waals surface area contributed by atoms with Gasteiger partial charge < -0.3 is 9.47 Å². The molecule has 0 aliphatic rings. The van der Waals surface area contributed by atoms with Crippen molar-refractivity contribution >= 4 is 0 Å². The first-order valence-electron chi connectivity index (χ1n) is 6.44. The molecule has 7 nitrogen and oxygen atoms in total. The highest BCUT2D eigenvalue weighted by atomic mass is 16.5. The molecule has 7 heteroatoms. The molecule has 0 aliphatic carbocycles. The number of hydrogen-bond donors (Lipinski definition) is 0. The summed E-state index contributed by atoms with van der Waals surface area (Å²) in [5.74, 6) is 0.836. The van der Waals surface area contributed by atoms with Crippen molar-refractivity contribution in [1.82, 2.24) is 9.13 Å². The lowest BCUT2D eigenvalue weighted by molar-refractivity contribution is 0.274. The molecule has 1 aromatic carbocycles. The first kappa shape index (κ1) is 15.4. The number of benzene rings is 1. The monoisotopic (exact) mass is 301 g/mol. The Morgan fingerprint density at radius 3 is 2.50 bits per heavy atom. The van der Waals surface area contributed by atoms with Gasteiger partial charge in [-0.25, -0.2) is 4.79 Å². The number of nitriles is 1. The number of ether oxygens (including phenoxy) is 2. The van der Waals surface area contributed by atoms with Gasteiger partial charge in [0.1, 0.15) is 6.61 Å². The molecule has 1 aromatic heterocycles. The molecule has 114 valence electrons. The third kappa shape index (κ3) is 2.86. The van der Waals surface area contributed by atoms with E-state index in [-0.39, 0.29) is 6.61 Å². The first-order chi connectivity index (χ1) is 10.5. The van der Waals surface area contributed by atoms with Crippen LogP contribution in [-0.4, -0.2) is 16.2 Å². The minimum atomic E-state index is -0.419. The molecule has 0 spiro atoms. The molecule has 2 aromatic rings. The van der Waals surface area contributed by atoms with E-state index >= 15 is 0 Å². The highest BCUT2D eigenvalue weighted by Gasteiger charge is 2.09. The van der Waals surface area contributed by atoms with Gasteiger partial charge in [0, 0.05) is 26.2 Å².